The summed E-state index contributed by atoms with van der Waals surface area (Å²) in [5, 5.41) is 8.71. The summed E-state index contributed by atoms with van der Waals surface area (Å²) in [6, 6.07) is 17.2. The van der Waals surface area contributed by atoms with E-state index in [-0.39, 0.29) is 6.03 Å². The van der Waals surface area contributed by atoms with Crippen molar-refractivity contribution in [2.45, 2.75) is 13.8 Å². The Hall–Kier alpha value is -2.75. The van der Waals surface area contributed by atoms with Crippen LogP contribution in [0.5, 0.6) is 0 Å². The predicted molar refractivity (Wildman–Crippen MR) is 87.8 cm³/mol. The summed E-state index contributed by atoms with van der Waals surface area (Å²) in [6.07, 6.45) is 1.67. The van der Waals surface area contributed by atoms with E-state index >= 15 is 0 Å². The van der Waals surface area contributed by atoms with E-state index in [0.717, 1.165) is 22.6 Å². The molecule has 3 N–H and O–H groups in total. The molecule has 0 saturated carbocycles. The van der Waals surface area contributed by atoms with Crippen molar-refractivity contribution in [1.29, 1.82) is 0 Å². The lowest BCUT2D eigenvalue weighted by Crippen LogP contribution is -2.24. The van der Waals surface area contributed by atoms with Crippen molar-refractivity contribution in [2.24, 2.45) is 0 Å². The molecule has 0 aliphatic carbocycles. The van der Waals surface area contributed by atoms with Crippen molar-refractivity contribution in [2.75, 3.05) is 10.6 Å². The highest BCUT2D eigenvalue weighted by atomic mass is 16.2. The van der Waals surface area contributed by atoms with Crippen LogP contribution in [0.1, 0.15) is 13.8 Å². The first-order chi connectivity index (χ1) is 10.1. The monoisotopic (exact) mass is 281 g/mol. The fourth-order valence-electron chi connectivity index (χ4n) is 1.70. The van der Waals surface area contributed by atoms with Crippen LogP contribution in [0.15, 0.2) is 66.4 Å². The number of nitrogens with one attached hydrogen (secondary N) is 3. The molecule has 2 amide bonds. The van der Waals surface area contributed by atoms with Gasteiger partial charge in [0.2, 0.25) is 0 Å². The smallest absolute Gasteiger partial charge is 0.323 e. The summed E-state index contributed by atoms with van der Waals surface area (Å²) in [4.78, 5) is 11.6. The molecular formula is C17H19N3O. The number of anilines is 3. The minimum atomic E-state index is -0.250. The number of hydrogen-bond acceptors (Lipinski definition) is 2. The van der Waals surface area contributed by atoms with Crippen LogP contribution in [0.25, 0.3) is 0 Å². The second kappa shape index (κ2) is 7.14. The van der Waals surface area contributed by atoms with E-state index in [4.69, 9.17) is 0 Å². The highest BCUT2D eigenvalue weighted by Gasteiger charge is 2.00. The zero-order valence-electron chi connectivity index (χ0n) is 12.2. The van der Waals surface area contributed by atoms with E-state index in [2.05, 4.69) is 16.0 Å². The third-order valence-corrected chi connectivity index (χ3v) is 2.70. The molecular weight excluding hydrogens is 262 g/mol. The molecule has 0 radical (unpaired) electrons. The van der Waals surface area contributed by atoms with Crippen LogP contribution in [0, 0.1) is 0 Å². The first kappa shape index (κ1) is 14.7. The van der Waals surface area contributed by atoms with Crippen LogP contribution < -0.4 is 16.0 Å². The average Bonchev–Trinajstić information content (AvgIpc) is 2.48. The third kappa shape index (κ3) is 5.03. The Morgan fingerprint density at radius 2 is 1.43 bits per heavy atom. The van der Waals surface area contributed by atoms with Gasteiger partial charge in [-0.05, 0) is 50.2 Å². The van der Waals surface area contributed by atoms with Gasteiger partial charge in [-0.25, -0.2) is 4.79 Å². The van der Waals surface area contributed by atoms with Gasteiger partial charge in [-0.15, -0.1) is 0 Å². The lowest BCUT2D eigenvalue weighted by atomic mass is 10.2. The molecule has 2 aromatic carbocycles. The van der Waals surface area contributed by atoms with Gasteiger partial charge in [-0.3, -0.25) is 0 Å². The molecule has 108 valence electrons. The van der Waals surface area contributed by atoms with Gasteiger partial charge in [0.05, 0.1) is 0 Å². The van der Waals surface area contributed by atoms with Crippen molar-refractivity contribution >= 4 is 23.1 Å². The highest BCUT2D eigenvalue weighted by molar-refractivity contribution is 5.90. The topological polar surface area (TPSA) is 53.2 Å². The van der Waals surface area contributed by atoms with Gasteiger partial charge in [0.15, 0.2) is 0 Å². The second-order valence-corrected chi connectivity index (χ2v) is 4.89. The van der Waals surface area contributed by atoms with Crippen LogP contribution >= 0.6 is 0 Å². The van der Waals surface area contributed by atoms with Crippen molar-refractivity contribution < 1.29 is 4.79 Å². The van der Waals surface area contributed by atoms with Gasteiger partial charge in [-0.2, -0.15) is 0 Å². The molecule has 0 aliphatic heterocycles. The number of allylic oxidation sites excluding steroid dienone is 1. The standard InChI is InChI=1S/C17H19N3O/c1-13(2)12-18-17(21)20-16-10-8-15(9-11-16)19-14-6-4-3-5-7-14/h3-12,19H,1-2H3,(H2,18,20,21). The van der Waals surface area contributed by atoms with Gasteiger partial charge in [0, 0.05) is 23.3 Å². The fourth-order valence-corrected chi connectivity index (χ4v) is 1.70. The number of carbonyl (C=O) groups is 1. The molecule has 0 unspecified atom stereocenters. The van der Waals surface area contributed by atoms with Gasteiger partial charge >= 0.3 is 6.03 Å². The maximum Gasteiger partial charge on any atom is 0.323 e. The number of rotatable bonds is 4. The van der Waals surface area contributed by atoms with Crippen molar-refractivity contribution in [3.63, 3.8) is 0 Å². The summed E-state index contributed by atoms with van der Waals surface area (Å²) < 4.78 is 0. The Kier molecular flexibility index (Phi) is 4.99. The zero-order chi connectivity index (χ0) is 15.1. The van der Waals surface area contributed by atoms with Gasteiger partial charge in [-0.1, -0.05) is 23.8 Å². The maximum absolute atomic E-state index is 11.6. The van der Waals surface area contributed by atoms with E-state index in [1.807, 2.05) is 68.4 Å². The quantitative estimate of drug-likeness (QED) is 0.774. The zero-order valence-corrected chi connectivity index (χ0v) is 12.2. The molecule has 0 fully saturated rings. The van der Waals surface area contributed by atoms with Gasteiger partial charge in [0.1, 0.15) is 0 Å². The lowest BCUT2D eigenvalue weighted by Gasteiger charge is -2.08. The van der Waals surface area contributed by atoms with E-state index in [1.165, 1.54) is 0 Å². The Morgan fingerprint density at radius 3 is 2.05 bits per heavy atom. The highest BCUT2D eigenvalue weighted by Crippen LogP contribution is 2.18. The number of benzene rings is 2. The molecule has 0 spiro atoms. The van der Waals surface area contributed by atoms with E-state index < -0.39 is 0 Å². The molecule has 0 aliphatic rings. The molecule has 0 atom stereocenters. The Labute approximate surface area is 124 Å². The summed E-state index contributed by atoms with van der Waals surface area (Å²) in [5.74, 6) is 0. The predicted octanol–water partition coefficient (Wildman–Crippen LogP) is 4.48. The van der Waals surface area contributed by atoms with Crippen LogP contribution in [0.3, 0.4) is 0 Å². The van der Waals surface area contributed by atoms with Crippen molar-refractivity contribution in [3.8, 4) is 0 Å². The molecule has 2 rings (SSSR count). The fraction of sp³-hybridized carbons (Fsp3) is 0.118. The Morgan fingerprint density at radius 1 is 0.857 bits per heavy atom. The third-order valence-electron chi connectivity index (χ3n) is 2.70. The minimum Gasteiger partial charge on any atom is -0.356 e. The van der Waals surface area contributed by atoms with Crippen molar-refractivity contribution in [3.05, 3.63) is 66.4 Å². The molecule has 2 aromatic rings. The molecule has 21 heavy (non-hydrogen) atoms. The number of hydrogen-bond donors (Lipinski definition) is 3. The number of carbonyl (C=O) groups excluding carboxylic acids is 1. The van der Waals surface area contributed by atoms with E-state index in [0.29, 0.717) is 0 Å². The van der Waals surface area contributed by atoms with Crippen LogP contribution in [-0.2, 0) is 0 Å². The van der Waals surface area contributed by atoms with Crippen molar-refractivity contribution in [1.82, 2.24) is 5.32 Å². The number of para-hydroxylation sites is 1. The Bertz CT molecular complexity index is 614. The largest absolute Gasteiger partial charge is 0.356 e. The maximum atomic E-state index is 11.6. The minimum absolute atomic E-state index is 0.250. The normalized spacial score (nSPS) is 9.62. The van der Waals surface area contributed by atoms with Gasteiger partial charge in [0.25, 0.3) is 0 Å². The first-order valence-corrected chi connectivity index (χ1v) is 6.76. The molecule has 0 aromatic heterocycles. The summed E-state index contributed by atoms with van der Waals surface area (Å²) >= 11 is 0. The average molecular weight is 281 g/mol. The van der Waals surface area contributed by atoms with Crippen LogP contribution in [0.4, 0.5) is 21.9 Å². The summed E-state index contributed by atoms with van der Waals surface area (Å²) in [6.45, 7) is 3.84. The SMILES string of the molecule is CC(C)=CNC(=O)Nc1ccc(Nc2ccccc2)cc1. The number of urea groups is 1. The number of amides is 2. The first-order valence-electron chi connectivity index (χ1n) is 6.76. The lowest BCUT2D eigenvalue weighted by molar-refractivity contribution is 0.255. The molecule has 4 nitrogen and oxygen atoms in total. The van der Waals surface area contributed by atoms with Gasteiger partial charge < -0.3 is 16.0 Å². The summed E-state index contributed by atoms with van der Waals surface area (Å²) in [5.41, 5.74) is 3.77. The van der Waals surface area contributed by atoms with Crippen LogP contribution in [0.2, 0.25) is 0 Å². The molecule has 0 heterocycles. The van der Waals surface area contributed by atoms with Crippen LogP contribution in [-0.4, -0.2) is 6.03 Å². The summed E-state index contributed by atoms with van der Waals surface area (Å²) in [7, 11) is 0. The molecule has 0 saturated heterocycles. The Balaban J connectivity index is 1.93. The molecule has 0 bridgehead atoms. The second-order valence-electron chi connectivity index (χ2n) is 4.89. The van der Waals surface area contributed by atoms with E-state index in [1.54, 1.807) is 6.20 Å². The van der Waals surface area contributed by atoms with E-state index in [9.17, 15) is 4.79 Å². The molecule has 4 heteroatoms.